The average molecular weight is 637 g/mol. The van der Waals surface area contributed by atoms with Crippen molar-refractivity contribution < 1.29 is 18.0 Å². The third-order valence-corrected chi connectivity index (χ3v) is 23.5. The molecule has 0 aliphatic carbocycles. The van der Waals surface area contributed by atoms with Gasteiger partial charge in [-0.05, 0) is 60.5 Å². The smallest absolute Gasteiger partial charge is 0.279 e. The van der Waals surface area contributed by atoms with E-state index in [4.69, 9.17) is 18.0 Å². The van der Waals surface area contributed by atoms with Gasteiger partial charge in [-0.25, -0.2) is 9.97 Å². The summed E-state index contributed by atoms with van der Waals surface area (Å²) in [5.41, 5.74) is 0.359. The SMILES string of the molecule is C=Cc1nc2c(ncn2[C@@H]2O[C@H](CO[Si](C)(C)C(C)(C)C)[C@@H](O[Si](C)(C)C(C)(C)C)[C@H]2O[Si](C)(C)C(C)(C)C)c(=O)[nH]1. The van der Waals surface area contributed by atoms with Crippen LogP contribution in [0.4, 0.5) is 0 Å². The third kappa shape index (κ3) is 6.94. The molecule has 0 unspecified atom stereocenters. The number of H-pyrrole nitrogens is 1. The molecule has 42 heavy (non-hydrogen) atoms. The maximum atomic E-state index is 12.8. The van der Waals surface area contributed by atoms with E-state index in [-0.39, 0.29) is 38.4 Å². The Balaban J connectivity index is 2.21. The Bertz CT molecular complexity index is 1330. The molecule has 2 aromatic rings. The highest BCUT2D eigenvalue weighted by molar-refractivity contribution is 6.75. The molecule has 12 heteroatoms. The summed E-state index contributed by atoms with van der Waals surface area (Å²) in [6, 6.07) is 0. The van der Waals surface area contributed by atoms with Gasteiger partial charge >= 0.3 is 0 Å². The fraction of sp³-hybridized carbons (Fsp3) is 0.767. The van der Waals surface area contributed by atoms with Crippen molar-refractivity contribution in [2.24, 2.45) is 0 Å². The molecule has 3 rings (SSSR count). The molecule has 0 aromatic carbocycles. The maximum absolute atomic E-state index is 12.8. The van der Waals surface area contributed by atoms with Crippen LogP contribution < -0.4 is 5.56 Å². The van der Waals surface area contributed by atoms with Gasteiger partial charge in [0.15, 0.2) is 42.3 Å². The molecule has 1 aliphatic rings. The second-order valence-corrected chi connectivity index (χ2v) is 30.6. The van der Waals surface area contributed by atoms with Crippen LogP contribution >= 0.6 is 0 Å². The van der Waals surface area contributed by atoms with Crippen molar-refractivity contribution in [3.8, 4) is 0 Å². The van der Waals surface area contributed by atoms with Crippen molar-refractivity contribution >= 4 is 42.2 Å². The summed E-state index contributed by atoms with van der Waals surface area (Å²) in [5.74, 6) is 0.376. The van der Waals surface area contributed by atoms with Crippen LogP contribution in [0, 0.1) is 0 Å². The first-order valence-electron chi connectivity index (χ1n) is 15.1. The fourth-order valence-electron chi connectivity index (χ4n) is 4.10. The molecule has 3 heterocycles. The summed E-state index contributed by atoms with van der Waals surface area (Å²) in [7, 11) is -6.69. The molecule has 0 saturated carbocycles. The number of rotatable bonds is 9. The summed E-state index contributed by atoms with van der Waals surface area (Å²) in [4.78, 5) is 24.7. The van der Waals surface area contributed by atoms with E-state index < -0.39 is 37.3 Å². The zero-order valence-corrected chi connectivity index (χ0v) is 31.8. The normalized spacial score (nSPS) is 23.1. The molecule has 1 saturated heterocycles. The summed E-state index contributed by atoms with van der Waals surface area (Å²) < 4.78 is 29.9. The van der Waals surface area contributed by atoms with Gasteiger partial charge in [-0.15, -0.1) is 0 Å². The highest BCUT2D eigenvalue weighted by Crippen LogP contribution is 2.46. The van der Waals surface area contributed by atoms with Crippen molar-refractivity contribution in [2.75, 3.05) is 6.61 Å². The lowest BCUT2D eigenvalue weighted by molar-refractivity contribution is -0.0470. The van der Waals surface area contributed by atoms with E-state index in [1.807, 2.05) is 4.57 Å². The topological polar surface area (TPSA) is 100 Å². The Labute approximate surface area is 256 Å². The Kier molecular flexibility index (Phi) is 9.60. The summed E-state index contributed by atoms with van der Waals surface area (Å²) in [6.45, 7) is 37.9. The van der Waals surface area contributed by atoms with Crippen LogP contribution in [-0.4, -0.2) is 69.4 Å². The first-order chi connectivity index (χ1) is 18.8. The van der Waals surface area contributed by atoms with Gasteiger partial charge in [0.05, 0.1) is 12.9 Å². The lowest BCUT2D eigenvalue weighted by Crippen LogP contribution is -2.54. The average Bonchev–Trinajstić information content (AvgIpc) is 3.37. The van der Waals surface area contributed by atoms with Crippen molar-refractivity contribution in [1.82, 2.24) is 19.5 Å². The van der Waals surface area contributed by atoms with E-state index in [0.29, 0.717) is 18.1 Å². The second-order valence-electron chi connectivity index (χ2n) is 16.3. The Morgan fingerprint density at radius 3 is 1.88 bits per heavy atom. The number of ether oxygens (including phenoxy) is 1. The minimum Gasteiger partial charge on any atom is -0.414 e. The predicted octanol–water partition coefficient (Wildman–Crippen LogP) is 7.46. The molecular weight excluding hydrogens is 581 g/mol. The number of aromatic nitrogens is 4. The zero-order valence-electron chi connectivity index (χ0n) is 28.8. The molecule has 0 spiro atoms. The van der Waals surface area contributed by atoms with Gasteiger partial charge in [-0.3, -0.25) is 9.36 Å². The molecule has 9 nitrogen and oxygen atoms in total. The Morgan fingerprint density at radius 2 is 1.40 bits per heavy atom. The van der Waals surface area contributed by atoms with Crippen molar-refractivity contribution in [2.45, 2.75) is 141 Å². The number of hydrogen-bond acceptors (Lipinski definition) is 7. The summed E-state index contributed by atoms with van der Waals surface area (Å²) >= 11 is 0. The number of aromatic amines is 1. The Morgan fingerprint density at radius 1 is 0.905 bits per heavy atom. The number of fused-ring (bicyclic) bond motifs is 1. The largest absolute Gasteiger partial charge is 0.414 e. The molecule has 1 N–H and O–H groups in total. The van der Waals surface area contributed by atoms with Gasteiger partial charge in [-0.2, -0.15) is 0 Å². The maximum Gasteiger partial charge on any atom is 0.279 e. The van der Waals surface area contributed by atoms with Crippen LogP contribution in [0.15, 0.2) is 17.7 Å². The van der Waals surface area contributed by atoms with Crippen molar-refractivity contribution in [3.05, 3.63) is 29.1 Å². The first-order valence-corrected chi connectivity index (χ1v) is 23.8. The van der Waals surface area contributed by atoms with Crippen LogP contribution in [-0.2, 0) is 18.0 Å². The van der Waals surface area contributed by atoms with Gasteiger partial charge in [0.2, 0.25) is 0 Å². The highest BCUT2D eigenvalue weighted by Gasteiger charge is 2.55. The number of nitrogens with one attached hydrogen (secondary N) is 1. The van der Waals surface area contributed by atoms with Crippen LogP contribution in [0.25, 0.3) is 17.2 Å². The molecule has 4 atom stereocenters. The van der Waals surface area contributed by atoms with E-state index in [9.17, 15) is 4.79 Å². The molecule has 0 radical (unpaired) electrons. The van der Waals surface area contributed by atoms with Crippen LogP contribution in [0.2, 0.25) is 54.4 Å². The molecule has 1 aliphatic heterocycles. The molecule has 238 valence electrons. The minimum atomic E-state index is -2.32. The van der Waals surface area contributed by atoms with Crippen LogP contribution in [0.1, 0.15) is 74.4 Å². The van der Waals surface area contributed by atoms with E-state index in [1.54, 1.807) is 6.33 Å². The number of nitrogens with zero attached hydrogens (tertiary/aromatic N) is 3. The van der Waals surface area contributed by atoms with E-state index >= 15 is 0 Å². The highest BCUT2D eigenvalue weighted by atomic mass is 28.4. The summed E-state index contributed by atoms with van der Waals surface area (Å²) in [5, 5.41) is -0.0194. The predicted molar refractivity (Wildman–Crippen MR) is 179 cm³/mol. The zero-order chi connectivity index (χ0) is 32.3. The van der Waals surface area contributed by atoms with Gasteiger partial charge in [0.25, 0.3) is 5.56 Å². The van der Waals surface area contributed by atoms with Gasteiger partial charge in [-0.1, -0.05) is 68.9 Å². The quantitative estimate of drug-likeness (QED) is 0.285. The van der Waals surface area contributed by atoms with E-state index in [1.165, 1.54) is 6.08 Å². The standard InChI is InChI=1S/C30H56N4O5Si3/c1-17-21-32-25-22(26(35)33-21)31-19-34(25)27-24(39-42(15,16)30(8,9)10)23(38-41(13,14)29(5,6)7)20(37-27)18-36-40(11,12)28(2,3)4/h17,19-20,23-24,27H,1,18H2,2-16H3,(H,32,33,35)/t20-,23-,24-,27-/m1/s1. The van der Waals surface area contributed by atoms with E-state index in [2.05, 4.69) is 123 Å². The van der Waals surface area contributed by atoms with Gasteiger partial charge in [0.1, 0.15) is 24.1 Å². The molecule has 2 aromatic heterocycles. The first kappa shape index (κ1) is 35.1. The number of imidazole rings is 1. The minimum absolute atomic E-state index is 0.0210. The van der Waals surface area contributed by atoms with E-state index in [0.717, 1.165) is 0 Å². The van der Waals surface area contributed by atoms with Crippen LogP contribution in [0.3, 0.4) is 0 Å². The lowest BCUT2D eigenvalue weighted by atomic mass is 10.1. The third-order valence-electron chi connectivity index (χ3n) is 10.1. The van der Waals surface area contributed by atoms with Crippen molar-refractivity contribution in [3.63, 3.8) is 0 Å². The molecule has 1 fully saturated rings. The van der Waals surface area contributed by atoms with Gasteiger partial charge < -0.3 is 23.0 Å². The molecular formula is C30H56N4O5Si3. The summed E-state index contributed by atoms with van der Waals surface area (Å²) in [6.07, 6.45) is 1.32. The van der Waals surface area contributed by atoms with Crippen molar-refractivity contribution in [1.29, 1.82) is 0 Å². The molecule has 0 bridgehead atoms. The number of hydrogen-bond donors (Lipinski definition) is 1. The fourth-order valence-corrected chi connectivity index (χ4v) is 7.72. The van der Waals surface area contributed by atoms with Crippen LogP contribution in [0.5, 0.6) is 0 Å². The monoisotopic (exact) mass is 636 g/mol. The lowest BCUT2D eigenvalue weighted by Gasteiger charge is -2.44. The second kappa shape index (κ2) is 11.5. The molecule has 0 amide bonds. The van der Waals surface area contributed by atoms with Gasteiger partial charge in [0, 0.05) is 0 Å². The Hall–Kier alpha value is -1.42.